The molecule has 0 saturated heterocycles. The Morgan fingerprint density at radius 1 is 0.312 bits per heavy atom. The van der Waals surface area contributed by atoms with Gasteiger partial charge in [0.1, 0.15) is 16.9 Å². The van der Waals surface area contributed by atoms with Crippen molar-refractivity contribution in [1.29, 1.82) is 0 Å². The van der Waals surface area contributed by atoms with Gasteiger partial charge in [-0.2, -0.15) is 0 Å². The van der Waals surface area contributed by atoms with E-state index in [0.717, 1.165) is 116 Å². The number of fused-ring (bicyclic) bond motifs is 13. The van der Waals surface area contributed by atoms with Gasteiger partial charge in [-0.25, -0.2) is 15.0 Å². The summed E-state index contributed by atoms with van der Waals surface area (Å²) in [5.74, 6) is 1.73. The van der Waals surface area contributed by atoms with Gasteiger partial charge in [-0.05, 0) is 54.6 Å². The lowest BCUT2D eigenvalue weighted by Crippen LogP contribution is -2.04. The molecule has 7 heteroatoms. The van der Waals surface area contributed by atoms with Crippen molar-refractivity contribution in [2.75, 3.05) is 0 Å². The maximum atomic E-state index is 7.45. The van der Waals surface area contributed by atoms with Crippen molar-refractivity contribution < 1.29 is 8.83 Å². The topological polar surface area (TPSA) is 74.8 Å². The van der Waals surface area contributed by atoms with Gasteiger partial charge in [0.15, 0.2) is 28.6 Å². The third-order valence-corrected chi connectivity index (χ3v) is 12.8. The lowest BCUT2D eigenvalue weighted by Gasteiger charge is -2.15. The first-order valence-electron chi connectivity index (χ1n) is 21.4. The number of nitrogens with zero attached hydrogens (tertiary/aromatic N) is 5. The first-order chi connectivity index (χ1) is 31.8. The van der Waals surface area contributed by atoms with E-state index in [1.807, 2.05) is 72.8 Å². The van der Waals surface area contributed by atoms with Crippen LogP contribution >= 0.6 is 0 Å². The second-order valence-corrected chi connectivity index (χ2v) is 16.3. The number of benzene rings is 9. The maximum Gasteiger partial charge on any atom is 0.166 e. The second-order valence-electron chi connectivity index (χ2n) is 16.3. The molecule has 0 aliphatic carbocycles. The zero-order valence-corrected chi connectivity index (χ0v) is 34.1. The van der Waals surface area contributed by atoms with Crippen molar-refractivity contribution in [2.45, 2.75) is 0 Å². The molecule has 5 aromatic heterocycles. The lowest BCUT2D eigenvalue weighted by molar-refractivity contribution is 0.664. The average Bonchev–Trinajstić information content (AvgIpc) is 4.12. The predicted octanol–water partition coefficient (Wildman–Crippen LogP) is 14.9. The molecule has 0 unspecified atom stereocenters. The summed E-state index contributed by atoms with van der Waals surface area (Å²) in [6.07, 6.45) is 0. The third-order valence-electron chi connectivity index (χ3n) is 12.8. The molecule has 0 saturated carbocycles. The van der Waals surface area contributed by atoms with Crippen molar-refractivity contribution in [3.8, 4) is 45.5 Å². The Morgan fingerprint density at radius 3 is 1.52 bits per heavy atom. The molecule has 0 N–H and O–H groups in total. The minimum atomic E-state index is 0.546. The normalized spacial score (nSPS) is 12.1. The number of rotatable bonds is 5. The number of aromatic nitrogens is 5. The molecular weight excluding hydrogens is 787 g/mol. The molecule has 7 nitrogen and oxygen atoms in total. The van der Waals surface area contributed by atoms with Crippen LogP contribution in [0.25, 0.3) is 133 Å². The van der Waals surface area contributed by atoms with Gasteiger partial charge < -0.3 is 18.0 Å². The van der Waals surface area contributed by atoms with E-state index in [0.29, 0.717) is 17.5 Å². The molecule has 0 aliphatic rings. The number of para-hydroxylation sites is 5. The minimum Gasteiger partial charge on any atom is -0.455 e. The van der Waals surface area contributed by atoms with Crippen LogP contribution in [0.15, 0.2) is 209 Å². The predicted molar refractivity (Wildman–Crippen MR) is 259 cm³/mol. The van der Waals surface area contributed by atoms with Crippen LogP contribution in [0.1, 0.15) is 0 Å². The van der Waals surface area contributed by atoms with Gasteiger partial charge in [0.05, 0.1) is 33.1 Å². The van der Waals surface area contributed by atoms with Gasteiger partial charge in [0.2, 0.25) is 0 Å². The van der Waals surface area contributed by atoms with Crippen LogP contribution in [-0.2, 0) is 0 Å². The highest BCUT2D eigenvalue weighted by Gasteiger charge is 2.26. The van der Waals surface area contributed by atoms with Crippen LogP contribution in [0.5, 0.6) is 0 Å². The van der Waals surface area contributed by atoms with Crippen molar-refractivity contribution in [3.63, 3.8) is 0 Å². The Kier molecular flexibility index (Phi) is 7.27. The van der Waals surface area contributed by atoms with E-state index in [9.17, 15) is 0 Å². The molecule has 9 aromatic carbocycles. The van der Waals surface area contributed by atoms with E-state index in [1.165, 1.54) is 0 Å². The first-order valence-corrected chi connectivity index (χ1v) is 21.4. The van der Waals surface area contributed by atoms with Crippen LogP contribution in [0.3, 0.4) is 0 Å². The average molecular weight is 820 g/mol. The highest BCUT2D eigenvalue weighted by atomic mass is 16.3. The third kappa shape index (κ3) is 4.94. The van der Waals surface area contributed by atoms with Crippen molar-refractivity contribution in [2.24, 2.45) is 0 Å². The zero-order chi connectivity index (χ0) is 41.9. The summed E-state index contributed by atoms with van der Waals surface area (Å²) in [4.78, 5) is 15.6. The molecule has 5 heterocycles. The van der Waals surface area contributed by atoms with Crippen molar-refractivity contribution >= 4 is 87.5 Å². The Hall–Kier alpha value is -8.81. The Bertz CT molecular complexity index is 4090. The molecule has 0 amide bonds. The SMILES string of the molecule is c1ccc(-c2nc(-c3ccccc3)nc(-c3ccc4c(oc5c(-n6c7ccccc7c7c8oc9ccccc9c8ccc76)cccc54)c3-n3c4ccccc4c4ccccc43)n2)cc1. The van der Waals surface area contributed by atoms with Crippen LogP contribution in [-0.4, -0.2) is 24.1 Å². The van der Waals surface area contributed by atoms with Gasteiger partial charge >= 0.3 is 0 Å². The number of hydrogen-bond donors (Lipinski definition) is 0. The Balaban J connectivity index is 1.11. The first kappa shape index (κ1) is 34.9. The van der Waals surface area contributed by atoms with Crippen LogP contribution in [0.4, 0.5) is 0 Å². The quantitative estimate of drug-likeness (QED) is 0.173. The molecular formula is C57H33N5O2. The Morgan fingerprint density at radius 2 is 0.828 bits per heavy atom. The van der Waals surface area contributed by atoms with Gasteiger partial charge in [0, 0.05) is 54.4 Å². The van der Waals surface area contributed by atoms with Gasteiger partial charge in [0.25, 0.3) is 0 Å². The fraction of sp³-hybridized carbons (Fsp3) is 0. The summed E-state index contributed by atoms with van der Waals surface area (Å²) in [5, 5.41) is 8.66. The molecule has 0 radical (unpaired) electrons. The Labute approximate surface area is 364 Å². The summed E-state index contributed by atoms with van der Waals surface area (Å²) in [5.41, 5.74) is 11.9. The summed E-state index contributed by atoms with van der Waals surface area (Å²) in [7, 11) is 0. The monoisotopic (exact) mass is 819 g/mol. The van der Waals surface area contributed by atoms with E-state index in [4.69, 9.17) is 23.8 Å². The summed E-state index contributed by atoms with van der Waals surface area (Å²) in [6, 6.07) is 69.4. The van der Waals surface area contributed by atoms with Gasteiger partial charge in [-0.3, -0.25) is 0 Å². The van der Waals surface area contributed by atoms with E-state index in [1.54, 1.807) is 0 Å². The minimum absolute atomic E-state index is 0.546. The number of hydrogen-bond acceptors (Lipinski definition) is 5. The molecule has 14 aromatic rings. The molecule has 298 valence electrons. The van der Waals surface area contributed by atoms with Crippen LogP contribution in [0, 0.1) is 0 Å². The maximum absolute atomic E-state index is 7.45. The van der Waals surface area contributed by atoms with Gasteiger partial charge in [-0.15, -0.1) is 0 Å². The largest absolute Gasteiger partial charge is 0.455 e. The molecule has 0 atom stereocenters. The fourth-order valence-electron chi connectivity index (χ4n) is 10.00. The van der Waals surface area contributed by atoms with Crippen molar-refractivity contribution in [3.05, 3.63) is 200 Å². The van der Waals surface area contributed by atoms with Gasteiger partial charge in [-0.1, -0.05) is 146 Å². The summed E-state index contributed by atoms with van der Waals surface area (Å²) < 4.78 is 18.8. The van der Waals surface area contributed by atoms with E-state index >= 15 is 0 Å². The zero-order valence-electron chi connectivity index (χ0n) is 34.1. The summed E-state index contributed by atoms with van der Waals surface area (Å²) >= 11 is 0. The molecule has 0 aliphatic heterocycles. The van der Waals surface area contributed by atoms with E-state index in [-0.39, 0.29) is 0 Å². The molecule has 0 spiro atoms. The summed E-state index contributed by atoms with van der Waals surface area (Å²) in [6.45, 7) is 0. The highest BCUT2D eigenvalue weighted by molar-refractivity contribution is 6.24. The van der Waals surface area contributed by atoms with E-state index in [2.05, 4.69) is 137 Å². The van der Waals surface area contributed by atoms with Crippen LogP contribution in [0.2, 0.25) is 0 Å². The highest BCUT2D eigenvalue weighted by Crippen LogP contribution is 2.46. The molecule has 0 bridgehead atoms. The lowest BCUT2D eigenvalue weighted by atomic mass is 10.1. The van der Waals surface area contributed by atoms with E-state index < -0.39 is 0 Å². The van der Waals surface area contributed by atoms with Crippen molar-refractivity contribution in [1.82, 2.24) is 24.1 Å². The molecule has 14 rings (SSSR count). The molecule has 0 fully saturated rings. The molecule has 64 heavy (non-hydrogen) atoms. The van der Waals surface area contributed by atoms with Crippen LogP contribution < -0.4 is 0 Å². The smallest absolute Gasteiger partial charge is 0.166 e. The fourth-order valence-corrected chi connectivity index (χ4v) is 10.00. The number of furan rings is 2. The standard InChI is InChI=1S/C57H33N5O2/c1-3-16-34(17-4-1)55-58-56(35-18-5-2-6-19-35)60-57(59-55)43-31-30-41-39-24-15-28-48(52(39)64-54(41)51(43)62-44-25-11-7-20-36(44)37-21-8-12-26-45(37)62)61-46-27-13-9-23-42(46)50-47(61)33-32-40-38-22-10-14-29-49(38)63-53(40)50/h1-33H. The second kappa shape index (κ2) is 13.3.